The summed E-state index contributed by atoms with van der Waals surface area (Å²) in [4.78, 5) is 4.73. The van der Waals surface area contributed by atoms with Crippen LogP contribution in [-0.4, -0.2) is 29.4 Å². The second-order valence-electron chi connectivity index (χ2n) is 4.95. The molecule has 0 N–H and O–H groups in total. The van der Waals surface area contributed by atoms with E-state index in [1.807, 2.05) is 25.1 Å². The van der Waals surface area contributed by atoms with E-state index in [1.165, 1.54) is 0 Å². The summed E-state index contributed by atoms with van der Waals surface area (Å²) < 4.78 is 13.5. The molecule has 1 fully saturated rings. The van der Waals surface area contributed by atoms with Crippen LogP contribution in [0, 0.1) is 0 Å². The van der Waals surface area contributed by atoms with E-state index in [0.29, 0.717) is 11.6 Å². The lowest BCUT2D eigenvalue weighted by Gasteiger charge is -2.13. The van der Waals surface area contributed by atoms with Gasteiger partial charge in [0.25, 0.3) is 0 Å². The summed E-state index contributed by atoms with van der Waals surface area (Å²) in [7, 11) is 0. The van der Waals surface area contributed by atoms with E-state index in [2.05, 4.69) is 4.57 Å². The molecule has 1 aromatic carbocycles. The van der Waals surface area contributed by atoms with Gasteiger partial charge in [-0.2, -0.15) is 0 Å². The molecule has 0 bridgehead atoms. The third-order valence-electron chi connectivity index (χ3n) is 3.62. The van der Waals surface area contributed by atoms with Crippen LogP contribution in [0.1, 0.15) is 31.7 Å². The van der Waals surface area contributed by atoms with Gasteiger partial charge in [-0.25, -0.2) is 4.98 Å². The van der Waals surface area contributed by atoms with Crippen molar-refractivity contribution in [3.8, 4) is 0 Å². The smallest absolute Gasteiger partial charge is 0.139 e. The number of benzene rings is 1. The summed E-state index contributed by atoms with van der Waals surface area (Å²) in [6.07, 6.45) is 2.23. The molecule has 0 radical (unpaired) electrons. The third kappa shape index (κ3) is 2.68. The first kappa shape index (κ1) is 13.9. The van der Waals surface area contributed by atoms with E-state index in [1.54, 1.807) is 0 Å². The fraction of sp³-hybridized carbons (Fsp3) is 0.533. The number of hydrogen-bond acceptors (Lipinski definition) is 3. The van der Waals surface area contributed by atoms with Crippen molar-refractivity contribution in [2.24, 2.45) is 0 Å². The van der Waals surface area contributed by atoms with Gasteiger partial charge in [0.2, 0.25) is 0 Å². The molecule has 0 saturated carbocycles. The number of hydrogen-bond donors (Lipinski definition) is 0. The second-order valence-corrected chi connectivity index (χ2v) is 5.39. The van der Waals surface area contributed by atoms with Gasteiger partial charge >= 0.3 is 0 Å². The van der Waals surface area contributed by atoms with Crippen LogP contribution in [0.5, 0.6) is 0 Å². The number of aromatic nitrogens is 2. The highest BCUT2D eigenvalue weighted by Gasteiger charge is 2.24. The maximum Gasteiger partial charge on any atom is 0.139 e. The van der Waals surface area contributed by atoms with E-state index < -0.39 is 0 Å². The zero-order chi connectivity index (χ0) is 13.9. The van der Waals surface area contributed by atoms with Crippen molar-refractivity contribution in [3.63, 3.8) is 0 Å². The van der Waals surface area contributed by atoms with Gasteiger partial charge in [-0.15, -0.1) is 0 Å². The molecule has 108 valence electrons. The predicted molar refractivity (Wildman–Crippen MR) is 79.2 cm³/mol. The quantitative estimate of drug-likeness (QED) is 0.791. The minimum absolute atomic E-state index is 0.0998. The van der Waals surface area contributed by atoms with Crippen molar-refractivity contribution in [1.29, 1.82) is 0 Å². The highest BCUT2D eigenvalue weighted by Crippen LogP contribution is 2.31. The lowest BCUT2D eigenvalue weighted by Crippen LogP contribution is -2.12. The van der Waals surface area contributed by atoms with Crippen LogP contribution in [-0.2, 0) is 16.0 Å². The lowest BCUT2D eigenvalue weighted by atomic mass is 10.2. The standard InChI is InChI=1S/C15H19ClN2O2/c1-2-19-9-7-18-13-6-5-11(16)10-12(13)17-15(18)14-4-3-8-20-14/h5-6,10,14H,2-4,7-9H2,1H3. The van der Waals surface area contributed by atoms with Crippen LogP contribution >= 0.6 is 11.6 Å². The first-order chi connectivity index (χ1) is 9.79. The van der Waals surface area contributed by atoms with Crippen LogP contribution in [0.15, 0.2) is 18.2 Å². The molecule has 2 heterocycles. The molecule has 1 aliphatic heterocycles. The number of imidazole rings is 1. The average Bonchev–Trinajstić information content (AvgIpc) is 3.06. The van der Waals surface area contributed by atoms with Gasteiger partial charge < -0.3 is 14.0 Å². The van der Waals surface area contributed by atoms with Crippen molar-refractivity contribution in [1.82, 2.24) is 9.55 Å². The van der Waals surface area contributed by atoms with Gasteiger partial charge in [-0.1, -0.05) is 11.6 Å². The molecule has 4 nitrogen and oxygen atoms in total. The largest absolute Gasteiger partial charge is 0.380 e. The molecular formula is C15H19ClN2O2. The van der Waals surface area contributed by atoms with Gasteiger partial charge in [-0.05, 0) is 38.0 Å². The molecule has 1 unspecified atom stereocenters. The van der Waals surface area contributed by atoms with Gasteiger partial charge in [0.1, 0.15) is 11.9 Å². The number of nitrogens with zero attached hydrogens (tertiary/aromatic N) is 2. The molecule has 1 aliphatic rings. The first-order valence-electron chi connectivity index (χ1n) is 7.14. The Bertz CT molecular complexity index is 591. The Kier molecular flexibility index (Phi) is 4.24. The van der Waals surface area contributed by atoms with Crippen molar-refractivity contribution in [2.75, 3.05) is 19.8 Å². The van der Waals surface area contributed by atoms with Crippen molar-refractivity contribution in [3.05, 3.63) is 29.0 Å². The summed E-state index contributed by atoms with van der Waals surface area (Å²) >= 11 is 6.06. The Morgan fingerprint density at radius 2 is 2.40 bits per heavy atom. The lowest BCUT2D eigenvalue weighted by molar-refractivity contribution is 0.0977. The van der Waals surface area contributed by atoms with Gasteiger partial charge in [0.15, 0.2) is 0 Å². The number of fused-ring (bicyclic) bond motifs is 1. The molecule has 2 aromatic rings. The minimum Gasteiger partial charge on any atom is -0.380 e. The monoisotopic (exact) mass is 294 g/mol. The Hall–Kier alpha value is -1.10. The Labute approximate surface area is 123 Å². The Balaban J connectivity index is 1.99. The molecule has 0 spiro atoms. The number of halogens is 1. The van der Waals surface area contributed by atoms with Crippen LogP contribution in [0.2, 0.25) is 5.02 Å². The maximum atomic E-state index is 6.06. The molecule has 20 heavy (non-hydrogen) atoms. The average molecular weight is 295 g/mol. The van der Waals surface area contributed by atoms with E-state index in [4.69, 9.17) is 26.1 Å². The van der Waals surface area contributed by atoms with Gasteiger partial charge in [0, 0.05) is 24.8 Å². The summed E-state index contributed by atoms with van der Waals surface area (Å²) in [5, 5.41) is 0.714. The molecule has 0 aliphatic carbocycles. The summed E-state index contributed by atoms with van der Waals surface area (Å²) in [5.74, 6) is 1.000. The fourth-order valence-electron chi connectivity index (χ4n) is 2.68. The van der Waals surface area contributed by atoms with Crippen molar-refractivity contribution < 1.29 is 9.47 Å². The van der Waals surface area contributed by atoms with E-state index in [0.717, 1.165) is 49.5 Å². The molecule has 5 heteroatoms. The summed E-state index contributed by atoms with van der Waals surface area (Å²) in [6.45, 7) is 5.03. The van der Waals surface area contributed by atoms with Crippen LogP contribution < -0.4 is 0 Å². The molecular weight excluding hydrogens is 276 g/mol. The zero-order valence-corrected chi connectivity index (χ0v) is 12.4. The molecule has 1 atom stereocenters. The number of ether oxygens (including phenoxy) is 2. The fourth-order valence-corrected chi connectivity index (χ4v) is 2.85. The number of rotatable bonds is 5. The van der Waals surface area contributed by atoms with Gasteiger partial charge in [0.05, 0.1) is 17.6 Å². The predicted octanol–water partition coefficient (Wildman–Crippen LogP) is 3.58. The zero-order valence-electron chi connectivity index (χ0n) is 11.6. The maximum absolute atomic E-state index is 6.06. The van der Waals surface area contributed by atoms with E-state index >= 15 is 0 Å². The van der Waals surface area contributed by atoms with Gasteiger partial charge in [-0.3, -0.25) is 0 Å². The SMILES string of the molecule is CCOCCn1c(C2CCCO2)nc2cc(Cl)ccc21. The minimum atomic E-state index is 0.0998. The highest BCUT2D eigenvalue weighted by atomic mass is 35.5. The van der Waals surface area contributed by atoms with E-state index in [-0.39, 0.29) is 6.10 Å². The third-order valence-corrected chi connectivity index (χ3v) is 3.86. The normalized spacial score (nSPS) is 19.0. The topological polar surface area (TPSA) is 36.3 Å². The van der Waals surface area contributed by atoms with E-state index in [9.17, 15) is 0 Å². The molecule has 3 rings (SSSR count). The molecule has 0 amide bonds. The van der Waals surface area contributed by atoms with Crippen molar-refractivity contribution >= 4 is 22.6 Å². The van der Waals surface area contributed by atoms with Crippen LogP contribution in [0.25, 0.3) is 11.0 Å². The van der Waals surface area contributed by atoms with Crippen molar-refractivity contribution in [2.45, 2.75) is 32.4 Å². The summed E-state index contributed by atoms with van der Waals surface area (Å²) in [6, 6.07) is 5.84. The second kappa shape index (κ2) is 6.12. The summed E-state index contributed by atoms with van der Waals surface area (Å²) in [5.41, 5.74) is 2.03. The Morgan fingerprint density at radius 1 is 1.50 bits per heavy atom. The first-order valence-corrected chi connectivity index (χ1v) is 7.52. The van der Waals surface area contributed by atoms with Crippen LogP contribution in [0.4, 0.5) is 0 Å². The molecule has 1 aromatic heterocycles. The molecule has 1 saturated heterocycles. The Morgan fingerprint density at radius 3 is 3.15 bits per heavy atom. The highest BCUT2D eigenvalue weighted by molar-refractivity contribution is 6.31. The van der Waals surface area contributed by atoms with Crippen LogP contribution in [0.3, 0.4) is 0 Å².